The molecule has 0 unspecified atom stereocenters. The highest BCUT2D eigenvalue weighted by Crippen LogP contribution is 2.16. The zero-order valence-corrected chi connectivity index (χ0v) is 9.19. The summed E-state index contributed by atoms with van der Waals surface area (Å²) in [5.74, 6) is 0.161. The van der Waals surface area contributed by atoms with Crippen molar-refractivity contribution in [1.29, 1.82) is 0 Å². The first kappa shape index (κ1) is 9.90. The van der Waals surface area contributed by atoms with Crippen LogP contribution in [-0.2, 0) is 0 Å². The van der Waals surface area contributed by atoms with Gasteiger partial charge in [0.05, 0.1) is 17.3 Å². The third kappa shape index (κ3) is 1.65. The van der Waals surface area contributed by atoms with Gasteiger partial charge in [-0.1, -0.05) is 13.8 Å². The lowest BCUT2D eigenvalue weighted by Gasteiger charge is -2.02. The van der Waals surface area contributed by atoms with Gasteiger partial charge >= 0.3 is 0 Å². The van der Waals surface area contributed by atoms with Crippen LogP contribution in [0, 0.1) is 12.8 Å². The number of pyridine rings is 1. The fourth-order valence-corrected chi connectivity index (χ4v) is 1.59. The monoisotopic (exact) mass is 202 g/mol. The lowest BCUT2D eigenvalue weighted by atomic mass is 10.0. The maximum atomic E-state index is 11.9. The van der Waals surface area contributed by atoms with E-state index in [0.29, 0.717) is 5.56 Å². The topological polar surface area (TPSA) is 34.4 Å². The van der Waals surface area contributed by atoms with Crippen LogP contribution in [0.4, 0.5) is 0 Å². The lowest BCUT2D eigenvalue weighted by molar-refractivity contribution is 0.0941. The van der Waals surface area contributed by atoms with E-state index in [0.717, 1.165) is 11.1 Å². The summed E-state index contributed by atoms with van der Waals surface area (Å²) < 4.78 is 1.74. The smallest absolute Gasteiger partial charge is 0.169 e. The van der Waals surface area contributed by atoms with Gasteiger partial charge in [0.2, 0.25) is 0 Å². The van der Waals surface area contributed by atoms with Crippen LogP contribution in [-0.4, -0.2) is 15.4 Å². The van der Waals surface area contributed by atoms with Gasteiger partial charge in [-0.3, -0.25) is 4.79 Å². The Bertz CT molecular complexity index is 511. The van der Waals surface area contributed by atoms with Gasteiger partial charge < -0.3 is 0 Å². The van der Waals surface area contributed by atoms with Crippen molar-refractivity contribution in [2.24, 2.45) is 5.92 Å². The second-order valence-corrected chi connectivity index (χ2v) is 4.11. The van der Waals surface area contributed by atoms with Crippen molar-refractivity contribution in [2.45, 2.75) is 20.8 Å². The number of fused-ring (bicyclic) bond motifs is 1. The van der Waals surface area contributed by atoms with Crippen molar-refractivity contribution in [1.82, 2.24) is 9.61 Å². The summed E-state index contributed by atoms with van der Waals surface area (Å²) in [6, 6.07) is 3.96. The van der Waals surface area contributed by atoms with Crippen molar-refractivity contribution in [3.05, 3.63) is 35.7 Å². The number of Topliss-reactive ketones (excluding diaryl/α,β-unsaturated/α-hetero) is 1. The van der Waals surface area contributed by atoms with Gasteiger partial charge in [-0.25, -0.2) is 4.52 Å². The Morgan fingerprint density at radius 2 is 2.20 bits per heavy atom. The van der Waals surface area contributed by atoms with E-state index in [9.17, 15) is 4.79 Å². The standard InChI is InChI=1S/C12H14N2O/c1-8(2)12(15)10-7-13-14-5-4-9(3)6-11(10)14/h4-8H,1-3H3. The largest absolute Gasteiger partial charge is 0.294 e. The molecule has 0 aliphatic carbocycles. The third-order valence-electron chi connectivity index (χ3n) is 2.47. The van der Waals surface area contributed by atoms with Crippen LogP contribution in [0.1, 0.15) is 29.8 Å². The molecule has 0 saturated heterocycles. The Morgan fingerprint density at radius 3 is 2.87 bits per heavy atom. The summed E-state index contributed by atoms with van der Waals surface area (Å²) in [4.78, 5) is 11.9. The van der Waals surface area contributed by atoms with E-state index >= 15 is 0 Å². The molecule has 0 atom stereocenters. The average molecular weight is 202 g/mol. The second-order valence-electron chi connectivity index (χ2n) is 4.11. The summed E-state index contributed by atoms with van der Waals surface area (Å²) in [6.45, 7) is 5.82. The fraction of sp³-hybridized carbons (Fsp3) is 0.333. The van der Waals surface area contributed by atoms with E-state index in [1.165, 1.54) is 0 Å². The Balaban J connectivity index is 2.62. The Kier molecular flexibility index (Phi) is 2.31. The maximum Gasteiger partial charge on any atom is 0.169 e. The predicted octanol–water partition coefficient (Wildman–Crippen LogP) is 2.48. The van der Waals surface area contributed by atoms with E-state index in [4.69, 9.17) is 0 Å². The predicted molar refractivity (Wildman–Crippen MR) is 59.1 cm³/mol. The number of carbonyl (C=O) groups is 1. The van der Waals surface area contributed by atoms with Gasteiger partial charge in [0.25, 0.3) is 0 Å². The summed E-state index contributed by atoms with van der Waals surface area (Å²) in [6.07, 6.45) is 3.53. The number of hydrogen-bond donors (Lipinski definition) is 0. The quantitative estimate of drug-likeness (QED) is 0.701. The Labute approximate surface area is 88.7 Å². The molecule has 2 aromatic heterocycles. The van der Waals surface area contributed by atoms with Crippen LogP contribution in [0.25, 0.3) is 5.52 Å². The van der Waals surface area contributed by atoms with Gasteiger partial charge in [0.1, 0.15) is 0 Å². The molecule has 0 amide bonds. The van der Waals surface area contributed by atoms with E-state index < -0.39 is 0 Å². The van der Waals surface area contributed by atoms with Crippen molar-refractivity contribution >= 4 is 11.3 Å². The Morgan fingerprint density at radius 1 is 1.47 bits per heavy atom. The van der Waals surface area contributed by atoms with Crippen molar-refractivity contribution in [2.75, 3.05) is 0 Å². The SMILES string of the molecule is Cc1ccn2ncc(C(=O)C(C)C)c2c1. The van der Waals surface area contributed by atoms with Gasteiger partial charge in [0.15, 0.2) is 5.78 Å². The number of aromatic nitrogens is 2. The van der Waals surface area contributed by atoms with Crippen LogP contribution in [0.2, 0.25) is 0 Å². The average Bonchev–Trinajstić information content (AvgIpc) is 2.59. The highest BCUT2D eigenvalue weighted by Gasteiger charge is 2.15. The number of rotatable bonds is 2. The zero-order valence-electron chi connectivity index (χ0n) is 9.19. The number of ketones is 1. The highest BCUT2D eigenvalue weighted by atomic mass is 16.1. The summed E-state index contributed by atoms with van der Waals surface area (Å²) in [5.41, 5.74) is 2.75. The molecule has 2 aromatic rings. The van der Waals surface area contributed by atoms with E-state index in [1.807, 2.05) is 39.1 Å². The second kappa shape index (κ2) is 3.50. The van der Waals surface area contributed by atoms with Gasteiger partial charge in [-0.2, -0.15) is 5.10 Å². The van der Waals surface area contributed by atoms with E-state index in [1.54, 1.807) is 10.7 Å². The van der Waals surface area contributed by atoms with E-state index in [-0.39, 0.29) is 11.7 Å². The zero-order chi connectivity index (χ0) is 11.0. The van der Waals surface area contributed by atoms with Gasteiger partial charge in [-0.15, -0.1) is 0 Å². The number of hydrogen-bond acceptors (Lipinski definition) is 2. The van der Waals surface area contributed by atoms with Crippen LogP contribution >= 0.6 is 0 Å². The molecule has 0 bridgehead atoms. The molecule has 0 radical (unpaired) electrons. The molecule has 0 spiro atoms. The number of carbonyl (C=O) groups excluding carboxylic acids is 1. The van der Waals surface area contributed by atoms with Crippen molar-refractivity contribution < 1.29 is 4.79 Å². The maximum absolute atomic E-state index is 11.9. The van der Waals surface area contributed by atoms with Crippen LogP contribution < -0.4 is 0 Å². The number of aryl methyl sites for hydroxylation is 1. The molecule has 3 nitrogen and oxygen atoms in total. The molecule has 15 heavy (non-hydrogen) atoms. The van der Waals surface area contributed by atoms with Crippen molar-refractivity contribution in [3.8, 4) is 0 Å². The first-order chi connectivity index (χ1) is 7.09. The molecule has 0 aromatic carbocycles. The Hall–Kier alpha value is -1.64. The fourth-order valence-electron chi connectivity index (χ4n) is 1.59. The first-order valence-electron chi connectivity index (χ1n) is 5.08. The van der Waals surface area contributed by atoms with Gasteiger partial charge in [-0.05, 0) is 24.6 Å². The first-order valence-corrected chi connectivity index (χ1v) is 5.08. The molecule has 78 valence electrons. The molecule has 0 aliphatic rings. The minimum atomic E-state index is 0.0125. The molecule has 2 rings (SSSR count). The summed E-state index contributed by atoms with van der Waals surface area (Å²) in [5, 5.41) is 4.16. The van der Waals surface area contributed by atoms with Crippen LogP contribution in [0.5, 0.6) is 0 Å². The molecular weight excluding hydrogens is 188 g/mol. The third-order valence-corrected chi connectivity index (χ3v) is 2.47. The van der Waals surface area contributed by atoms with Crippen LogP contribution in [0.15, 0.2) is 24.5 Å². The molecule has 0 saturated carbocycles. The molecule has 0 N–H and O–H groups in total. The lowest BCUT2D eigenvalue weighted by Crippen LogP contribution is -2.06. The molecule has 2 heterocycles. The minimum absolute atomic E-state index is 0.0125. The molecular formula is C12H14N2O. The number of nitrogens with zero attached hydrogens (tertiary/aromatic N) is 2. The molecule has 3 heteroatoms. The van der Waals surface area contributed by atoms with Crippen LogP contribution in [0.3, 0.4) is 0 Å². The highest BCUT2D eigenvalue weighted by molar-refractivity contribution is 6.03. The summed E-state index contributed by atoms with van der Waals surface area (Å²) >= 11 is 0. The minimum Gasteiger partial charge on any atom is -0.294 e. The molecule has 0 aliphatic heterocycles. The molecule has 0 fully saturated rings. The van der Waals surface area contributed by atoms with E-state index in [2.05, 4.69) is 5.10 Å². The summed E-state index contributed by atoms with van der Waals surface area (Å²) in [7, 11) is 0. The van der Waals surface area contributed by atoms with Crippen molar-refractivity contribution in [3.63, 3.8) is 0 Å². The normalized spacial score (nSPS) is 11.2. The van der Waals surface area contributed by atoms with Gasteiger partial charge in [0, 0.05) is 12.1 Å².